The molecular formula is C24H23N3O4S2. The third kappa shape index (κ3) is 4.31. The molecule has 0 radical (unpaired) electrons. The number of nitrogens with one attached hydrogen (secondary N) is 1. The van der Waals surface area contributed by atoms with Crippen molar-refractivity contribution in [1.82, 2.24) is 9.29 Å². The summed E-state index contributed by atoms with van der Waals surface area (Å²) >= 11 is 1.30. The predicted molar refractivity (Wildman–Crippen MR) is 129 cm³/mol. The zero-order valence-corrected chi connectivity index (χ0v) is 19.7. The summed E-state index contributed by atoms with van der Waals surface area (Å²) in [7, 11) is -3.57. The maximum atomic E-state index is 13.0. The number of amides is 1. The number of carbonyl (C=O) groups excluding carboxylic acids is 1. The van der Waals surface area contributed by atoms with Crippen LogP contribution in [0.2, 0.25) is 0 Å². The first-order valence-electron chi connectivity index (χ1n) is 10.8. The van der Waals surface area contributed by atoms with E-state index in [1.54, 1.807) is 4.31 Å². The maximum Gasteiger partial charge on any atom is 0.257 e. The van der Waals surface area contributed by atoms with Crippen LogP contribution in [0.5, 0.6) is 0 Å². The van der Waals surface area contributed by atoms with Gasteiger partial charge in [-0.05, 0) is 56.2 Å². The van der Waals surface area contributed by atoms with Crippen molar-refractivity contribution in [3.8, 4) is 11.5 Å². The minimum absolute atomic E-state index is 0.0161. The van der Waals surface area contributed by atoms with E-state index in [9.17, 15) is 13.2 Å². The molecule has 1 saturated heterocycles. The van der Waals surface area contributed by atoms with Gasteiger partial charge in [0, 0.05) is 28.9 Å². The Bertz CT molecular complexity index is 1370. The number of benzene rings is 2. The van der Waals surface area contributed by atoms with Gasteiger partial charge >= 0.3 is 0 Å². The van der Waals surface area contributed by atoms with Gasteiger partial charge in [0.25, 0.3) is 5.91 Å². The molecule has 3 heterocycles. The lowest BCUT2D eigenvalue weighted by Gasteiger charge is -2.32. The maximum absolute atomic E-state index is 13.0. The summed E-state index contributed by atoms with van der Waals surface area (Å²) in [6, 6.07) is 15.7. The largest absolute Gasteiger partial charge is 0.454 e. The molecule has 170 valence electrons. The Balaban J connectivity index is 1.29. The lowest BCUT2D eigenvalue weighted by Crippen LogP contribution is -2.41. The van der Waals surface area contributed by atoms with Crippen LogP contribution in [0, 0.1) is 0 Å². The molecule has 1 aliphatic heterocycles. The molecule has 0 unspecified atom stereocenters. The van der Waals surface area contributed by atoms with Gasteiger partial charge in [0.2, 0.25) is 10.0 Å². The highest BCUT2D eigenvalue weighted by molar-refractivity contribution is 7.89. The Morgan fingerprint density at radius 1 is 1.15 bits per heavy atom. The lowest BCUT2D eigenvalue weighted by molar-refractivity contribution is 0.102. The smallest absolute Gasteiger partial charge is 0.257 e. The fourth-order valence-electron chi connectivity index (χ4n) is 4.06. The molecule has 2 aromatic heterocycles. The molecule has 1 atom stereocenters. The third-order valence-electron chi connectivity index (χ3n) is 5.87. The summed E-state index contributed by atoms with van der Waals surface area (Å²) in [6.07, 6.45) is 2.78. The molecule has 0 bridgehead atoms. The van der Waals surface area contributed by atoms with Gasteiger partial charge in [-0.1, -0.05) is 24.6 Å². The number of rotatable bonds is 5. The van der Waals surface area contributed by atoms with Crippen LogP contribution in [0.15, 0.2) is 69.3 Å². The second-order valence-corrected chi connectivity index (χ2v) is 10.9. The van der Waals surface area contributed by atoms with Gasteiger partial charge in [-0.2, -0.15) is 4.31 Å². The number of piperidine rings is 1. The van der Waals surface area contributed by atoms with Crippen LogP contribution in [0.3, 0.4) is 0 Å². The predicted octanol–water partition coefficient (Wildman–Crippen LogP) is 5.37. The molecule has 1 fully saturated rings. The molecular weight excluding hydrogens is 458 g/mol. The number of hydrogen-bond acceptors (Lipinski definition) is 6. The lowest BCUT2D eigenvalue weighted by atomic mass is 10.1. The fraction of sp³-hybridized carbons (Fsp3) is 0.250. The number of carbonyl (C=O) groups is 1. The van der Waals surface area contributed by atoms with Crippen LogP contribution in [0.1, 0.15) is 36.5 Å². The molecule has 0 aliphatic carbocycles. The van der Waals surface area contributed by atoms with Crippen molar-refractivity contribution in [2.75, 3.05) is 11.9 Å². The minimum atomic E-state index is -3.57. The Kier molecular flexibility index (Phi) is 5.77. The van der Waals surface area contributed by atoms with Crippen LogP contribution in [-0.4, -0.2) is 36.2 Å². The number of aromatic nitrogens is 1. The topological polar surface area (TPSA) is 92.5 Å². The average molecular weight is 482 g/mol. The van der Waals surface area contributed by atoms with Gasteiger partial charge in [-0.25, -0.2) is 13.4 Å². The van der Waals surface area contributed by atoms with Gasteiger partial charge in [-0.15, -0.1) is 11.3 Å². The third-order valence-corrected chi connectivity index (χ3v) is 8.65. The van der Waals surface area contributed by atoms with E-state index in [4.69, 9.17) is 4.42 Å². The first-order chi connectivity index (χ1) is 15.9. The molecule has 0 spiro atoms. The van der Waals surface area contributed by atoms with Crippen molar-refractivity contribution in [2.24, 2.45) is 0 Å². The summed E-state index contributed by atoms with van der Waals surface area (Å²) in [6.45, 7) is 2.47. The first kappa shape index (κ1) is 21.8. The standard InChI is InChI=1S/C24H23N3O4S2/c1-16-6-4-5-13-27(16)33(29,30)19-11-9-17(10-12-19)23(28)26-24-25-20(15-32-24)22-14-18-7-2-3-8-21(18)31-22/h2-3,7-12,14-16H,4-6,13H2,1H3,(H,25,26,28)/t16-/m1/s1. The first-order valence-corrected chi connectivity index (χ1v) is 13.1. The monoisotopic (exact) mass is 481 g/mol. The number of fused-ring (bicyclic) bond motifs is 1. The molecule has 1 aliphatic rings. The highest BCUT2D eigenvalue weighted by Crippen LogP contribution is 2.30. The summed E-state index contributed by atoms with van der Waals surface area (Å²) in [5.41, 5.74) is 1.78. The number of furan rings is 1. The van der Waals surface area contributed by atoms with Crippen LogP contribution >= 0.6 is 11.3 Å². The van der Waals surface area contributed by atoms with E-state index in [0.29, 0.717) is 28.7 Å². The van der Waals surface area contributed by atoms with Crippen molar-refractivity contribution in [1.29, 1.82) is 0 Å². The summed E-state index contributed by atoms with van der Waals surface area (Å²) < 4.78 is 33.3. The van der Waals surface area contributed by atoms with Gasteiger partial charge < -0.3 is 4.42 Å². The van der Waals surface area contributed by atoms with E-state index >= 15 is 0 Å². The molecule has 4 aromatic rings. The van der Waals surface area contributed by atoms with Crippen LogP contribution < -0.4 is 5.32 Å². The summed E-state index contributed by atoms with van der Waals surface area (Å²) in [5.74, 6) is 0.283. The number of para-hydroxylation sites is 1. The molecule has 2 aromatic carbocycles. The normalized spacial score (nSPS) is 17.3. The van der Waals surface area contributed by atoms with E-state index in [0.717, 1.165) is 30.2 Å². The molecule has 1 amide bonds. The van der Waals surface area contributed by atoms with E-state index in [1.165, 1.54) is 35.6 Å². The summed E-state index contributed by atoms with van der Waals surface area (Å²) in [4.78, 5) is 17.3. The number of sulfonamides is 1. The molecule has 33 heavy (non-hydrogen) atoms. The second-order valence-electron chi connectivity index (χ2n) is 8.13. The van der Waals surface area contributed by atoms with E-state index < -0.39 is 10.0 Å². The highest BCUT2D eigenvalue weighted by Gasteiger charge is 2.31. The molecule has 1 N–H and O–H groups in total. The zero-order valence-electron chi connectivity index (χ0n) is 18.0. The Morgan fingerprint density at radius 2 is 1.94 bits per heavy atom. The zero-order chi connectivity index (χ0) is 23.0. The number of nitrogens with zero attached hydrogens (tertiary/aromatic N) is 2. The Labute approximate surface area is 196 Å². The molecule has 7 nitrogen and oxygen atoms in total. The van der Waals surface area contributed by atoms with Crippen LogP contribution in [0.4, 0.5) is 5.13 Å². The van der Waals surface area contributed by atoms with Crippen molar-refractivity contribution in [3.05, 3.63) is 65.5 Å². The summed E-state index contributed by atoms with van der Waals surface area (Å²) in [5, 5.41) is 6.03. The molecule has 0 saturated carbocycles. The molecule has 9 heteroatoms. The van der Waals surface area contributed by atoms with Gasteiger partial charge in [0.15, 0.2) is 10.9 Å². The Morgan fingerprint density at radius 3 is 2.70 bits per heavy atom. The quantitative estimate of drug-likeness (QED) is 0.414. The number of anilines is 1. The van der Waals surface area contributed by atoms with Gasteiger partial charge in [0.1, 0.15) is 11.3 Å². The van der Waals surface area contributed by atoms with Crippen molar-refractivity contribution >= 4 is 43.4 Å². The second kappa shape index (κ2) is 8.74. The molecule has 5 rings (SSSR count). The van der Waals surface area contributed by atoms with Crippen molar-refractivity contribution < 1.29 is 17.6 Å². The van der Waals surface area contributed by atoms with Crippen molar-refractivity contribution in [2.45, 2.75) is 37.1 Å². The van der Waals surface area contributed by atoms with E-state index in [-0.39, 0.29) is 16.8 Å². The highest BCUT2D eigenvalue weighted by atomic mass is 32.2. The van der Waals surface area contributed by atoms with Crippen molar-refractivity contribution in [3.63, 3.8) is 0 Å². The average Bonchev–Trinajstić information content (AvgIpc) is 3.46. The van der Waals surface area contributed by atoms with Gasteiger partial charge in [0.05, 0.1) is 4.90 Å². The van der Waals surface area contributed by atoms with E-state index in [1.807, 2.05) is 42.6 Å². The SMILES string of the molecule is C[C@@H]1CCCCN1S(=O)(=O)c1ccc(C(=O)Nc2nc(-c3cc4ccccc4o3)cs2)cc1. The fourth-order valence-corrected chi connectivity index (χ4v) is 6.46. The number of hydrogen-bond donors (Lipinski definition) is 1. The Hall–Kier alpha value is -3.01. The van der Waals surface area contributed by atoms with E-state index in [2.05, 4.69) is 10.3 Å². The number of thiazole rings is 1. The van der Waals surface area contributed by atoms with Crippen LogP contribution in [0.25, 0.3) is 22.4 Å². The minimum Gasteiger partial charge on any atom is -0.454 e. The van der Waals surface area contributed by atoms with Gasteiger partial charge in [-0.3, -0.25) is 10.1 Å². The van der Waals surface area contributed by atoms with Crippen LogP contribution in [-0.2, 0) is 10.0 Å².